The van der Waals surface area contributed by atoms with Crippen LogP contribution in [0.15, 0.2) is 105 Å². The average molecular weight is 521 g/mol. The van der Waals surface area contributed by atoms with Crippen LogP contribution in [-0.2, 0) is 16.1 Å². The molecule has 0 atom stereocenters. The molecule has 1 aliphatic heterocycles. The summed E-state index contributed by atoms with van der Waals surface area (Å²) in [7, 11) is 0. The Hall–Kier alpha value is -4.61. The molecule has 0 fully saturated rings. The van der Waals surface area contributed by atoms with Crippen LogP contribution in [0.2, 0.25) is 0 Å². The van der Waals surface area contributed by atoms with Gasteiger partial charge in [-0.3, -0.25) is 14.5 Å². The first-order valence-electron chi connectivity index (χ1n) is 12.1. The van der Waals surface area contributed by atoms with Crippen LogP contribution in [0.1, 0.15) is 25.2 Å². The first-order valence-corrected chi connectivity index (χ1v) is 13.1. The minimum absolute atomic E-state index is 0.0623. The largest absolute Gasteiger partial charge is 0.467 e. The van der Waals surface area contributed by atoms with E-state index < -0.39 is 11.8 Å². The molecule has 0 unspecified atom stereocenters. The molecule has 5 rings (SSSR count). The maximum absolute atomic E-state index is 13.6. The standard InChI is InChI=1S/C30H24N4O3S/c1-3-38-25-13-11-21(12-14-25)28-22(18-34(32-28)23-8-5-4-6-9-23)16-26-20(2)27(17-31)30(36)33(29(26)35)19-24-10-7-15-37-24/h4-16,18H,3,19H2,1-2H3/b26-16+. The summed E-state index contributed by atoms with van der Waals surface area (Å²) in [5.41, 5.74) is 3.67. The quantitative estimate of drug-likeness (QED) is 0.168. The Kier molecular flexibility index (Phi) is 7.11. The Bertz CT molecular complexity index is 1590. The first kappa shape index (κ1) is 25.1. The highest BCUT2D eigenvalue weighted by Crippen LogP contribution is 2.32. The predicted molar refractivity (Wildman–Crippen MR) is 146 cm³/mol. The summed E-state index contributed by atoms with van der Waals surface area (Å²) < 4.78 is 7.12. The van der Waals surface area contributed by atoms with Gasteiger partial charge >= 0.3 is 0 Å². The van der Waals surface area contributed by atoms with E-state index in [1.54, 1.807) is 41.6 Å². The second-order valence-corrected chi connectivity index (χ2v) is 9.95. The Balaban J connectivity index is 1.64. The second-order valence-electron chi connectivity index (χ2n) is 8.62. The van der Waals surface area contributed by atoms with E-state index in [0.29, 0.717) is 22.6 Å². The summed E-state index contributed by atoms with van der Waals surface area (Å²) in [6, 6.07) is 23.2. The number of thioether (sulfide) groups is 1. The summed E-state index contributed by atoms with van der Waals surface area (Å²) in [6.45, 7) is 3.67. The van der Waals surface area contributed by atoms with Crippen molar-refractivity contribution in [3.8, 4) is 23.0 Å². The second kappa shape index (κ2) is 10.8. The maximum atomic E-state index is 13.6. The Morgan fingerprint density at radius 2 is 1.79 bits per heavy atom. The molecule has 0 saturated carbocycles. The van der Waals surface area contributed by atoms with E-state index in [1.807, 2.05) is 54.7 Å². The fraction of sp³-hybridized carbons (Fsp3) is 0.133. The molecule has 0 aliphatic carbocycles. The first-order chi connectivity index (χ1) is 18.5. The van der Waals surface area contributed by atoms with Gasteiger partial charge in [-0.15, -0.1) is 11.8 Å². The van der Waals surface area contributed by atoms with Crippen molar-refractivity contribution < 1.29 is 14.0 Å². The molecule has 7 nitrogen and oxygen atoms in total. The maximum Gasteiger partial charge on any atom is 0.272 e. The number of imide groups is 1. The summed E-state index contributed by atoms with van der Waals surface area (Å²) in [5.74, 6) is 0.302. The third kappa shape index (κ3) is 4.84. The molecule has 3 heterocycles. The lowest BCUT2D eigenvalue weighted by molar-refractivity contribution is -0.141. The molecule has 0 radical (unpaired) electrons. The smallest absolute Gasteiger partial charge is 0.272 e. The molecule has 0 N–H and O–H groups in total. The van der Waals surface area contributed by atoms with Crippen molar-refractivity contribution >= 4 is 29.7 Å². The van der Waals surface area contributed by atoms with E-state index in [4.69, 9.17) is 9.52 Å². The molecule has 0 bridgehead atoms. The normalized spacial score (nSPS) is 14.9. The van der Waals surface area contributed by atoms with Gasteiger partial charge in [-0.2, -0.15) is 10.4 Å². The van der Waals surface area contributed by atoms with Gasteiger partial charge in [-0.1, -0.05) is 37.3 Å². The number of furan rings is 1. The number of nitriles is 1. The summed E-state index contributed by atoms with van der Waals surface area (Å²) in [4.78, 5) is 28.8. The molecule has 2 amide bonds. The molecule has 2 aromatic carbocycles. The number of benzene rings is 2. The van der Waals surface area contributed by atoms with Crippen LogP contribution in [0.5, 0.6) is 0 Å². The third-order valence-electron chi connectivity index (χ3n) is 6.22. The van der Waals surface area contributed by atoms with Crippen LogP contribution < -0.4 is 0 Å². The van der Waals surface area contributed by atoms with E-state index in [9.17, 15) is 14.9 Å². The van der Waals surface area contributed by atoms with Crippen molar-refractivity contribution in [2.24, 2.45) is 0 Å². The number of rotatable bonds is 7. The van der Waals surface area contributed by atoms with E-state index in [0.717, 1.165) is 26.8 Å². The van der Waals surface area contributed by atoms with Crippen molar-refractivity contribution in [1.29, 1.82) is 5.26 Å². The number of hydrogen-bond donors (Lipinski definition) is 0. The van der Waals surface area contributed by atoms with Gasteiger partial charge in [-0.25, -0.2) is 4.68 Å². The lowest BCUT2D eigenvalue weighted by Gasteiger charge is -2.26. The minimum atomic E-state index is -0.632. The molecule has 1 aliphatic rings. The van der Waals surface area contributed by atoms with Gasteiger partial charge in [0.15, 0.2) is 0 Å². The summed E-state index contributed by atoms with van der Waals surface area (Å²) in [6.07, 6.45) is 5.05. The average Bonchev–Trinajstić information content (AvgIpc) is 3.61. The zero-order valence-electron chi connectivity index (χ0n) is 20.9. The molecule has 0 spiro atoms. The SMILES string of the molecule is CCSc1ccc(-c2nn(-c3ccccc3)cc2/C=C2/C(=O)N(Cc3ccco3)C(=O)C(C#N)=C2C)cc1. The van der Waals surface area contributed by atoms with Gasteiger partial charge in [0, 0.05) is 27.8 Å². The molecule has 8 heteroatoms. The topological polar surface area (TPSA) is 92.1 Å². The van der Waals surface area contributed by atoms with Crippen LogP contribution in [0.3, 0.4) is 0 Å². The van der Waals surface area contributed by atoms with Crippen molar-refractivity contribution in [2.75, 3.05) is 5.75 Å². The molecule has 2 aromatic heterocycles. The number of para-hydroxylation sites is 1. The van der Waals surface area contributed by atoms with Gasteiger partial charge in [-0.05, 0) is 60.7 Å². The van der Waals surface area contributed by atoms with Crippen LogP contribution in [-0.4, -0.2) is 32.2 Å². The fourth-order valence-corrected chi connectivity index (χ4v) is 4.96. The van der Waals surface area contributed by atoms with E-state index in [2.05, 4.69) is 19.1 Å². The van der Waals surface area contributed by atoms with Crippen molar-refractivity contribution in [3.63, 3.8) is 0 Å². The van der Waals surface area contributed by atoms with Crippen molar-refractivity contribution in [3.05, 3.63) is 107 Å². The number of aromatic nitrogens is 2. The molecular formula is C30H24N4O3S. The number of amides is 2. The zero-order chi connectivity index (χ0) is 26.6. The fourth-order valence-electron chi connectivity index (χ4n) is 4.29. The van der Waals surface area contributed by atoms with Gasteiger partial charge in [0.1, 0.15) is 17.4 Å². The van der Waals surface area contributed by atoms with Gasteiger partial charge < -0.3 is 4.42 Å². The van der Waals surface area contributed by atoms with Crippen LogP contribution in [0.25, 0.3) is 23.0 Å². The number of nitrogens with zero attached hydrogens (tertiary/aromatic N) is 4. The highest BCUT2D eigenvalue weighted by atomic mass is 32.2. The molecular weight excluding hydrogens is 496 g/mol. The van der Waals surface area contributed by atoms with E-state index in [1.165, 1.54) is 6.26 Å². The molecule has 4 aromatic rings. The summed E-state index contributed by atoms with van der Waals surface area (Å²) >= 11 is 1.75. The highest BCUT2D eigenvalue weighted by Gasteiger charge is 2.36. The van der Waals surface area contributed by atoms with Gasteiger partial charge in [0.25, 0.3) is 11.8 Å². The lowest BCUT2D eigenvalue weighted by Crippen LogP contribution is -2.42. The number of hydrogen-bond acceptors (Lipinski definition) is 6. The minimum Gasteiger partial charge on any atom is -0.467 e. The van der Waals surface area contributed by atoms with E-state index >= 15 is 0 Å². The Morgan fingerprint density at radius 3 is 2.45 bits per heavy atom. The number of carbonyl (C=O) groups excluding carboxylic acids is 2. The van der Waals surface area contributed by atoms with Crippen molar-refractivity contribution in [2.45, 2.75) is 25.3 Å². The van der Waals surface area contributed by atoms with Crippen LogP contribution >= 0.6 is 11.8 Å². The van der Waals surface area contributed by atoms with Gasteiger partial charge in [0.05, 0.1) is 24.2 Å². The van der Waals surface area contributed by atoms with E-state index in [-0.39, 0.29) is 17.7 Å². The Labute approximate surface area is 224 Å². The lowest BCUT2D eigenvalue weighted by atomic mass is 9.93. The molecule has 188 valence electrons. The molecule has 38 heavy (non-hydrogen) atoms. The van der Waals surface area contributed by atoms with Gasteiger partial charge in [0.2, 0.25) is 0 Å². The number of carbonyl (C=O) groups is 2. The third-order valence-corrected chi connectivity index (χ3v) is 7.12. The monoisotopic (exact) mass is 520 g/mol. The van der Waals surface area contributed by atoms with Crippen LogP contribution in [0, 0.1) is 11.3 Å². The van der Waals surface area contributed by atoms with Crippen molar-refractivity contribution in [1.82, 2.24) is 14.7 Å². The zero-order valence-corrected chi connectivity index (χ0v) is 21.7. The summed E-state index contributed by atoms with van der Waals surface area (Å²) in [5, 5.41) is 14.6. The predicted octanol–water partition coefficient (Wildman–Crippen LogP) is 6.04. The van der Waals surface area contributed by atoms with Crippen LogP contribution in [0.4, 0.5) is 0 Å². The Morgan fingerprint density at radius 1 is 1.03 bits per heavy atom. The molecule has 0 saturated heterocycles. The highest BCUT2D eigenvalue weighted by molar-refractivity contribution is 7.99.